The average Bonchev–Trinajstić information content (AvgIpc) is 2.82. The summed E-state index contributed by atoms with van der Waals surface area (Å²) < 4.78 is 0. The molecule has 0 spiro atoms. The fraction of sp³-hybridized carbons (Fsp3) is 0.647. The Morgan fingerprint density at radius 1 is 1.35 bits per heavy atom. The summed E-state index contributed by atoms with van der Waals surface area (Å²) >= 11 is 0. The second-order valence-electron chi connectivity index (χ2n) is 6.18. The molecular formula is C17H28N2O. The van der Waals surface area contributed by atoms with Crippen LogP contribution in [-0.4, -0.2) is 35.2 Å². The largest absolute Gasteiger partial charge is 0.395 e. The number of aryl methyl sites for hydroxylation is 1. The number of nitrogens with zero attached hydrogens (tertiary/aromatic N) is 1. The number of hydrogen-bond acceptors (Lipinski definition) is 3. The molecule has 1 fully saturated rings. The number of aliphatic hydroxyl groups is 1. The van der Waals surface area contributed by atoms with Crippen LogP contribution in [0.3, 0.4) is 0 Å². The Hall–Kier alpha value is -0.900. The van der Waals surface area contributed by atoms with Gasteiger partial charge in [0.15, 0.2) is 0 Å². The molecule has 0 radical (unpaired) electrons. The van der Waals surface area contributed by atoms with Gasteiger partial charge in [0.05, 0.1) is 12.6 Å². The Bertz CT molecular complexity index is 418. The molecule has 0 bridgehead atoms. The minimum Gasteiger partial charge on any atom is -0.395 e. The fourth-order valence-electron chi connectivity index (χ4n) is 3.34. The van der Waals surface area contributed by atoms with Crippen LogP contribution in [0.1, 0.15) is 43.9 Å². The van der Waals surface area contributed by atoms with Crippen molar-refractivity contribution in [2.24, 2.45) is 11.7 Å². The predicted molar refractivity (Wildman–Crippen MR) is 83.5 cm³/mol. The van der Waals surface area contributed by atoms with Gasteiger partial charge >= 0.3 is 0 Å². The smallest absolute Gasteiger partial charge is 0.0589 e. The molecule has 4 unspecified atom stereocenters. The first-order valence-electron chi connectivity index (χ1n) is 7.77. The van der Waals surface area contributed by atoms with E-state index in [1.165, 1.54) is 11.1 Å². The summed E-state index contributed by atoms with van der Waals surface area (Å²) in [7, 11) is 0. The lowest BCUT2D eigenvalue weighted by Gasteiger charge is -2.37. The monoisotopic (exact) mass is 276 g/mol. The maximum atomic E-state index is 9.72. The summed E-state index contributed by atoms with van der Waals surface area (Å²) in [5, 5.41) is 9.72. The van der Waals surface area contributed by atoms with Gasteiger partial charge < -0.3 is 10.8 Å². The molecular weight excluding hydrogens is 248 g/mol. The molecule has 3 nitrogen and oxygen atoms in total. The van der Waals surface area contributed by atoms with Gasteiger partial charge in [0, 0.05) is 12.1 Å². The maximum Gasteiger partial charge on any atom is 0.0589 e. The Balaban J connectivity index is 2.30. The molecule has 3 N–H and O–H groups in total. The minimum absolute atomic E-state index is 0.108. The third kappa shape index (κ3) is 3.05. The maximum absolute atomic E-state index is 9.72. The van der Waals surface area contributed by atoms with E-state index in [0.717, 1.165) is 19.4 Å². The molecule has 0 saturated carbocycles. The average molecular weight is 276 g/mol. The Morgan fingerprint density at radius 2 is 2.00 bits per heavy atom. The molecule has 1 aliphatic rings. The number of hydrogen-bond donors (Lipinski definition) is 2. The minimum atomic E-state index is 0.108. The van der Waals surface area contributed by atoms with Crippen molar-refractivity contribution >= 4 is 0 Å². The van der Waals surface area contributed by atoms with Crippen molar-refractivity contribution in [1.29, 1.82) is 0 Å². The van der Waals surface area contributed by atoms with Crippen molar-refractivity contribution in [3.05, 3.63) is 35.4 Å². The molecule has 20 heavy (non-hydrogen) atoms. The molecule has 1 aliphatic heterocycles. The van der Waals surface area contributed by atoms with Gasteiger partial charge in [0.2, 0.25) is 0 Å². The van der Waals surface area contributed by atoms with E-state index >= 15 is 0 Å². The van der Waals surface area contributed by atoms with Crippen molar-refractivity contribution < 1.29 is 5.11 Å². The summed E-state index contributed by atoms with van der Waals surface area (Å²) in [6.45, 7) is 7.72. The normalized spacial score (nSPS) is 26.6. The second kappa shape index (κ2) is 6.70. The number of likely N-dealkylation sites (tertiary alicyclic amines) is 1. The predicted octanol–water partition coefficient (Wildman–Crippen LogP) is 2.48. The fourth-order valence-corrected chi connectivity index (χ4v) is 3.34. The van der Waals surface area contributed by atoms with Crippen LogP contribution in [0.2, 0.25) is 0 Å². The lowest BCUT2D eigenvalue weighted by Crippen LogP contribution is -2.45. The van der Waals surface area contributed by atoms with Crippen LogP contribution in [0.25, 0.3) is 0 Å². The third-order valence-electron chi connectivity index (χ3n) is 4.77. The first-order valence-corrected chi connectivity index (χ1v) is 7.77. The molecule has 112 valence electrons. The SMILES string of the molecule is CCC(N)C(c1ccc(C)cc1)N1CCC(C)C1CO. The molecule has 1 heterocycles. The van der Waals surface area contributed by atoms with Crippen molar-refractivity contribution in [2.45, 2.75) is 51.7 Å². The quantitative estimate of drug-likeness (QED) is 0.868. The van der Waals surface area contributed by atoms with E-state index < -0.39 is 0 Å². The van der Waals surface area contributed by atoms with Gasteiger partial charge in [-0.1, -0.05) is 43.7 Å². The Morgan fingerprint density at radius 3 is 2.55 bits per heavy atom. The van der Waals surface area contributed by atoms with Gasteiger partial charge in [-0.05, 0) is 37.8 Å². The van der Waals surface area contributed by atoms with E-state index in [1.807, 2.05) is 0 Å². The zero-order valence-corrected chi connectivity index (χ0v) is 12.9. The van der Waals surface area contributed by atoms with Gasteiger partial charge in [-0.2, -0.15) is 0 Å². The van der Waals surface area contributed by atoms with Gasteiger partial charge in [0.1, 0.15) is 0 Å². The van der Waals surface area contributed by atoms with E-state index in [1.54, 1.807) is 0 Å². The standard InChI is InChI=1S/C17H28N2O/c1-4-15(18)17(14-7-5-12(2)6-8-14)19-10-9-13(3)16(19)11-20/h5-8,13,15-17,20H,4,9-11,18H2,1-3H3. The zero-order valence-electron chi connectivity index (χ0n) is 12.9. The topological polar surface area (TPSA) is 49.5 Å². The highest BCUT2D eigenvalue weighted by Gasteiger charge is 2.37. The lowest BCUT2D eigenvalue weighted by atomic mass is 9.94. The van der Waals surface area contributed by atoms with Crippen molar-refractivity contribution in [2.75, 3.05) is 13.2 Å². The molecule has 1 aromatic rings. The van der Waals surface area contributed by atoms with Crippen LogP contribution in [0.15, 0.2) is 24.3 Å². The summed E-state index contributed by atoms with van der Waals surface area (Å²) in [6.07, 6.45) is 2.09. The number of nitrogens with two attached hydrogens (primary N) is 1. The van der Waals surface area contributed by atoms with E-state index in [4.69, 9.17) is 5.73 Å². The molecule has 2 rings (SSSR count). The van der Waals surface area contributed by atoms with E-state index in [2.05, 4.69) is 49.9 Å². The first kappa shape index (κ1) is 15.5. The highest BCUT2D eigenvalue weighted by Crippen LogP contribution is 2.34. The van der Waals surface area contributed by atoms with Crippen molar-refractivity contribution in [1.82, 2.24) is 4.90 Å². The van der Waals surface area contributed by atoms with E-state index in [9.17, 15) is 5.11 Å². The molecule has 0 amide bonds. The highest BCUT2D eigenvalue weighted by atomic mass is 16.3. The van der Waals surface area contributed by atoms with Gasteiger partial charge in [-0.25, -0.2) is 0 Å². The summed E-state index contributed by atoms with van der Waals surface area (Å²) in [5.41, 5.74) is 8.95. The molecule has 3 heteroatoms. The molecule has 4 atom stereocenters. The van der Waals surface area contributed by atoms with Crippen LogP contribution in [0.4, 0.5) is 0 Å². The summed E-state index contributed by atoms with van der Waals surface area (Å²) in [5.74, 6) is 0.539. The van der Waals surface area contributed by atoms with Crippen LogP contribution < -0.4 is 5.73 Å². The van der Waals surface area contributed by atoms with Crippen molar-refractivity contribution in [3.63, 3.8) is 0 Å². The zero-order chi connectivity index (χ0) is 14.7. The summed E-state index contributed by atoms with van der Waals surface area (Å²) in [4.78, 5) is 2.42. The van der Waals surface area contributed by atoms with Gasteiger partial charge in [-0.3, -0.25) is 4.90 Å². The van der Waals surface area contributed by atoms with E-state index in [0.29, 0.717) is 5.92 Å². The molecule has 0 aromatic heterocycles. The van der Waals surface area contributed by atoms with E-state index in [-0.39, 0.29) is 24.7 Å². The van der Waals surface area contributed by atoms with Crippen LogP contribution in [0.5, 0.6) is 0 Å². The number of aliphatic hydroxyl groups excluding tert-OH is 1. The van der Waals surface area contributed by atoms with Gasteiger partial charge in [-0.15, -0.1) is 0 Å². The number of benzene rings is 1. The summed E-state index contributed by atoms with van der Waals surface area (Å²) in [6, 6.07) is 9.23. The Kier molecular flexibility index (Phi) is 5.19. The molecule has 1 aromatic carbocycles. The van der Waals surface area contributed by atoms with Gasteiger partial charge in [0.25, 0.3) is 0 Å². The lowest BCUT2D eigenvalue weighted by molar-refractivity contribution is 0.0894. The molecule has 0 aliphatic carbocycles. The second-order valence-corrected chi connectivity index (χ2v) is 6.18. The first-order chi connectivity index (χ1) is 9.58. The van der Waals surface area contributed by atoms with Crippen LogP contribution in [-0.2, 0) is 0 Å². The van der Waals surface area contributed by atoms with Crippen LogP contribution >= 0.6 is 0 Å². The molecule has 1 saturated heterocycles. The van der Waals surface area contributed by atoms with Crippen molar-refractivity contribution in [3.8, 4) is 0 Å². The Labute approximate surface area is 122 Å². The van der Waals surface area contributed by atoms with Crippen LogP contribution in [0, 0.1) is 12.8 Å². The number of rotatable bonds is 5. The third-order valence-corrected chi connectivity index (χ3v) is 4.77. The highest BCUT2D eigenvalue weighted by molar-refractivity contribution is 5.26.